The standard InChI is InChI=1S/C20H23N3S/c1-3-15-7-9-16(10-8-15)23-20-17(6-4-5-11-21-20)19(22-23)18-12-14(2)13-24-18/h7-10,12-13,21H,3-6,11H2,1-2H3. The van der Waals surface area contributed by atoms with E-state index in [2.05, 4.69) is 59.6 Å². The van der Waals surface area contributed by atoms with Crippen molar-refractivity contribution in [2.45, 2.75) is 39.5 Å². The summed E-state index contributed by atoms with van der Waals surface area (Å²) in [6, 6.07) is 11.0. The van der Waals surface area contributed by atoms with Crippen LogP contribution in [0.4, 0.5) is 5.82 Å². The van der Waals surface area contributed by atoms with Gasteiger partial charge in [0.25, 0.3) is 0 Å². The Morgan fingerprint density at radius 3 is 2.75 bits per heavy atom. The van der Waals surface area contributed by atoms with E-state index in [1.807, 2.05) is 0 Å². The van der Waals surface area contributed by atoms with Crippen LogP contribution >= 0.6 is 11.3 Å². The van der Waals surface area contributed by atoms with Gasteiger partial charge in [0, 0.05) is 12.1 Å². The van der Waals surface area contributed by atoms with Gasteiger partial charge in [0.05, 0.1) is 10.6 Å². The predicted octanol–water partition coefficient (Wildman–Crippen LogP) is 5.22. The van der Waals surface area contributed by atoms with E-state index in [1.165, 1.54) is 40.2 Å². The molecule has 0 unspecified atom stereocenters. The molecule has 0 fully saturated rings. The highest BCUT2D eigenvalue weighted by Crippen LogP contribution is 2.36. The van der Waals surface area contributed by atoms with Crippen molar-refractivity contribution in [1.29, 1.82) is 0 Å². The highest BCUT2D eigenvalue weighted by molar-refractivity contribution is 7.13. The maximum absolute atomic E-state index is 5.01. The summed E-state index contributed by atoms with van der Waals surface area (Å²) < 4.78 is 2.10. The second-order valence-corrected chi connectivity index (χ2v) is 7.39. The van der Waals surface area contributed by atoms with Crippen molar-refractivity contribution in [2.75, 3.05) is 11.9 Å². The van der Waals surface area contributed by atoms with Gasteiger partial charge in [-0.05, 0) is 67.3 Å². The Bertz CT molecular complexity index is 842. The molecule has 0 saturated heterocycles. The van der Waals surface area contributed by atoms with Crippen molar-refractivity contribution < 1.29 is 0 Å². The molecule has 0 amide bonds. The van der Waals surface area contributed by atoms with E-state index in [9.17, 15) is 0 Å². The average Bonchev–Trinajstić information content (AvgIpc) is 3.10. The fourth-order valence-corrected chi connectivity index (χ4v) is 4.23. The van der Waals surface area contributed by atoms with E-state index in [0.29, 0.717) is 0 Å². The fourth-order valence-electron chi connectivity index (χ4n) is 3.32. The average molecular weight is 337 g/mol. The summed E-state index contributed by atoms with van der Waals surface area (Å²) in [5.41, 5.74) is 6.33. The van der Waals surface area contributed by atoms with Crippen LogP contribution in [0.5, 0.6) is 0 Å². The Morgan fingerprint density at radius 1 is 1.21 bits per heavy atom. The SMILES string of the molecule is CCc1ccc(-n2nc(-c3cc(C)cs3)c3c2NCCCC3)cc1. The Morgan fingerprint density at radius 2 is 2.04 bits per heavy atom. The fraction of sp³-hybridized carbons (Fsp3) is 0.350. The first kappa shape index (κ1) is 15.5. The van der Waals surface area contributed by atoms with Crippen LogP contribution in [0.25, 0.3) is 16.3 Å². The number of anilines is 1. The molecule has 0 aliphatic carbocycles. The lowest BCUT2D eigenvalue weighted by Gasteiger charge is -2.09. The minimum absolute atomic E-state index is 1.02. The van der Waals surface area contributed by atoms with Crippen LogP contribution in [0, 0.1) is 6.92 Å². The molecular weight excluding hydrogens is 314 g/mol. The molecule has 1 N–H and O–H groups in total. The summed E-state index contributed by atoms with van der Waals surface area (Å²) in [6.07, 6.45) is 4.60. The van der Waals surface area contributed by atoms with Crippen LogP contribution in [0.2, 0.25) is 0 Å². The zero-order valence-corrected chi connectivity index (χ0v) is 15.1. The molecule has 4 rings (SSSR count). The van der Waals surface area contributed by atoms with E-state index >= 15 is 0 Å². The maximum atomic E-state index is 5.01. The number of nitrogens with one attached hydrogen (secondary N) is 1. The number of rotatable bonds is 3. The normalized spacial score (nSPS) is 14.1. The van der Waals surface area contributed by atoms with Gasteiger partial charge in [-0.15, -0.1) is 11.3 Å². The number of benzene rings is 1. The first-order valence-electron chi connectivity index (χ1n) is 8.77. The van der Waals surface area contributed by atoms with Gasteiger partial charge in [0.1, 0.15) is 11.5 Å². The Hall–Kier alpha value is -2.07. The molecular formula is C20H23N3S. The quantitative estimate of drug-likeness (QED) is 0.710. The van der Waals surface area contributed by atoms with Crippen LogP contribution in [0.15, 0.2) is 35.7 Å². The molecule has 0 radical (unpaired) electrons. The highest BCUT2D eigenvalue weighted by Gasteiger charge is 2.22. The van der Waals surface area contributed by atoms with E-state index in [-0.39, 0.29) is 0 Å². The summed E-state index contributed by atoms with van der Waals surface area (Å²) in [7, 11) is 0. The molecule has 4 heteroatoms. The molecule has 3 nitrogen and oxygen atoms in total. The van der Waals surface area contributed by atoms with Gasteiger partial charge in [-0.2, -0.15) is 5.10 Å². The largest absolute Gasteiger partial charge is 0.370 e. The smallest absolute Gasteiger partial charge is 0.133 e. The molecule has 3 heterocycles. The summed E-state index contributed by atoms with van der Waals surface area (Å²) in [6.45, 7) is 5.36. The molecule has 124 valence electrons. The summed E-state index contributed by atoms with van der Waals surface area (Å²) in [4.78, 5) is 1.27. The topological polar surface area (TPSA) is 29.9 Å². The van der Waals surface area contributed by atoms with Crippen LogP contribution in [0.3, 0.4) is 0 Å². The number of hydrogen-bond acceptors (Lipinski definition) is 3. The second-order valence-electron chi connectivity index (χ2n) is 6.48. The number of aromatic nitrogens is 2. The van der Waals surface area contributed by atoms with E-state index in [4.69, 9.17) is 5.10 Å². The third-order valence-corrected chi connectivity index (χ3v) is 5.74. The molecule has 0 bridgehead atoms. The van der Waals surface area contributed by atoms with Gasteiger partial charge >= 0.3 is 0 Å². The van der Waals surface area contributed by atoms with Crippen LogP contribution in [-0.2, 0) is 12.8 Å². The molecule has 0 atom stereocenters. The zero-order valence-electron chi connectivity index (χ0n) is 14.3. The van der Waals surface area contributed by atoms with Crippen LogP contribution in [-0.4, -0.2) is 16.3 Å². The number of nitrogens with zero attached hydrogens (tertiary/aromatic N) is 2. The van der Waals surface area contributed by atoms with E-state index in [0.717, 1.165) is 30.8 Å². The number of fused-ring (bicyclic) bond motifs is 1. The van der Waals surface area contributed by atoms with Crippen molar-refractivity contribution in [3.63, 3.8) is 0 Å². The first-order chi connectivity index (χ1) is 11.8. The third kappa shape index (κ3) is 2.75. The molecule has 24 heavy (non-hydrogen) atoms. The molecule has 1 aromatic carbocycles. The van der Waals surface area contributed by atoms with Gasteiger partial charge in [0.2, 0.25) is 0 Å². The molecule has 0 saturated carbocycles. The Labute approximate surface area is 147 Å². The summed E-state index contributed by atoms with van der Waals surface area (Å²) >= 11 is 1.79. The minimum atomic E-state index is 1.02. The molecule has 2 aromatic heterocycles. The van der Waals surface area contributed by atoms with E-state index < -0.39 is 0 Å². The van der Waals surface area contributed by atoms with Gasteiger partial charge in [0.15, 0.2) is 0 Å². The Balaban J connectivity index is 1.85. The van der Waals surface area contributed by atoms with Crippen LogP contribution in [0.1, 0.15) is 36.5 Å². The molecule has 1 aliphatic rings. The van der Waals surface area contributed by atoms with Crippen molar-refractivity contribution in [3.8, 4) is 16.3 Å². The summed E-state index contributed by atoms with van der Waals surface area (Å²) in [5, 5.41) is 10.8. The number of thiophene rings is 1. The molecule has 3 aromatic rings. The summed E-state index contributed by atoms with van der Waals surface area (Å²) in [5.74, 6) is 1.18. The lowest BCUT2D eigenvalue weighted by molar-refractivity contribution is 0.780. The van der Waals surface area contributed by atoms with Crippen LogP contribution < -0.4 is 5.32 Å². The van der Waals surface area contributed by atoms with Crippen molar-refractivity contribution in [2.24, 2.45) is 0 Å². The lowest BCUT2D eigenvalue weighted by atomic mass is 10.1. The predicted molar refractivity (Wildman–Crippen MR) is 102 cm³/mol. The minimum Gasteiger partial charge on any atom is -0.370 e. The van der Waals surface area contributed by atoms with Gasteiger partial charge in [-0.3, -0.25) is 0 Å². The Kier molecular flexibility index (Phi) is 4.15. The van der Waals surface area contributed by atoms with Crippen molar-refractivity contribution >= 4 is 17.2 Å². The first-order valence-corrected chi connectivity index (χ1v) is 9.65. The third-order valence-electron chi connectivity index (χ3n) is 4.68. The van der Waals surface area contributed by atoms with E-state index in [1.54, 1.807) is 11.3 Å². The lowest BCUT2D eigenvalue weighted by Crippen LogP contribution is -2.07. The molecule has 1 aliphatic heterocycles. The van der Waals surface area contributed by atoms with Crippen molar-refractivity contribution in [1.82, 2.24) is 9.78 Å². The van der Waals surface area contributed by atoms with Gasteiger partial charge in [-0.25, -0.2) is 4.68 Å². The van der Waals surface area contributed by atoms with Gasteiger partial charge < -0.3 is 5.32 Å². The number of aryl methyl sites for hydroxylation is 2. The number of hydrogen-bond donors (Lipinski definition) is 1. The highest BCUT2D eigenvalue weighted by atomic mass is 32.1. The monoisotopic (exact) mass is 337 g/mol. The van der Waals surface area contributed by atoms with Gasteiger partial charge in [-0.1, -0.05) is 19.1 Å². The molecule has 0 spiro atoms. The second kappa shape index (κ2) is 6.44. The zero-order chi connectivity index (χ0) is 16.5. The van der Waals surface area contributed by atoms with Crippen molar-refractivity contribution in [3.05, 3.63) is 52.4 Å². The maximum Gasteiger partial charge on any atom is 0.133 e.